The summed E-state index contributed by atoms with van der Waals surface area (Å²) in [5.41, 5.74) is 1.53. The summed E-state index contributed by atoms with van der Waals surface area (Å²) >= 11 is 0. The molecule has 0 bridgehead atoms. The lowest BCUT2D eigenvalue weighted by atomic mass is 10.1. The van der Waals surface area contributed by atoms with E-state index in [1.54, 1.807) is 12.1 Å². The number of hydrogen-bond donors (Lipinski definition) is 1. The van der Waals surface area contributed by atoms with E-state index < -0.39 is 5.97 Å². The fraction of sp³-hybridized carbons (Fsp3) is 0.133. The smallest absolute Gasteiger partial charge is 0.307 e. The fourth-order valence-corrected chi connectivity index (χ4v) is 1.73. The number of carboxylic acid groups (broad SMARTS) is 1. The van der Waals surface area contributed by atoms with Gasteiger partial charge in [-0.05, 0) is 35.4 Å². The first kappa shape index (κ1) is 13.1. The van der Waals surface area contributed by atoms with Crippen LogP contribution >= 0.6 is 0 Å². The molecule has 2 aromatic carbocycles. The Morgan fingerprint density at radius 1 is 1.05 bits per heavy atom. The minimum Gasteiger partial charge on any atom is -0.489 e. The Balaban J connectivity index is 2.06. The highest BCUT2D eigenvalue weighted by Gasteiger charge is 2.06. The third-order valence-electron chi connectivity index (χ3n) is 2.67. The van der Waals surface area contributed by atoms with Crippen LogP contribution in [-0.4, -0.2) is 11.1 Å². The summed E-state index contributed by atoms with van der Waals surface area (Å²) in [6.07, 6.45) is -0.0387. The van der Waals surface area contributed by atoms with Crippen LogP contribution < -0.4 is 4.74 Å². The molecule has 0 aromatic heterocycles. The van der Waals surface area contributed by atoms with Crippen LogP contribution in [0.3, 0.4) is 0 Å². The van der Waals surface area contributed by atoms with Gasteiger partial charge in [-0.25, -0.2) is 4.39 Å². The molecule has 0 aliphatic heterocycles. The quantitative estimate of drug-likeness (QED) is 0.898. The van der Waals surface area contributed by atoms with E-state index in [9.17, 15) is 9.18 Å². The van der Waals surface area contributed by atoms with Crippen molar-refractivity contribution in [2.75, 3.05) is 0 Å². The van der Waals surface area contributed by atoms with Crippen LogP contribution in [0.25, 0.3) is 0 Å². The maximum atomic E-state index is 12.7. The van der Waals surface area contributed by atoms with Crippen molar-refractivity contribution in [3.05, 3.63) is 65.5 Å². The first-order valence-corrected chi connectivity index (χ1v) is 5.82. The zero-order chi connectivity index (χ0) is 13.7. The van der Waals surface area contributed by atoms with Gasteiger partial charge in [0.2, 0.25) is 0 Å². The number of carbonyl (C=O) groups is 1. The lowest BCUT2D eigenvalue weighted by Crippen LogP contribution is -2.05. The lowest BCUT2D eigenvalue weighted by Gasteiger charge is -2.09. The highest BCUT2D eigenvalue weighted by molar-refractivity contribution is 5.70. The van der Waals surface area contributed by atoms with Gasteiger partial charge in [0.15, 0.2) is 0 Å². The van der Waals surface area contributed by atoms with Crippen molar-refractivity contribution in [2.45, 2.75) is 13.0 Å². The molecule has 0 radical (unpaired) electrons. The number of ether oxygens (including phenoxy) is 1. The molecule has 0 amide bonds. The van der Waals surface area contributed by atoms with Gasteiger partial charge in [0.25, 0.3) is 0 Å². The highest BCUT2D eigenvalue weighted by Crippen LogP contribution is 2.16. The van der Waals surface area contributed by atoms with Crippen LogP contribution in [0.5, 0.6) is 5.75 Å². The first-order valence-electron chi connectivity index (χ1n) is 5.82. The minimum atomic E-state index is -0.880. The van der Waals surface area contributed by atoms with Crippen molar-refractivity contribution in [3.8, 4) is 5.75 Å². The molecule has 4 heteroatoms. The molecule has 0 saturated carbocycles. The number of carboxylic acids is 1. The molecule has 0 aliphatic rings. The number of rotatable bonds is 5. The number of halogens is 1. The second kappa shape index (κ2) is 6.00. The molecule has 19 heavy (non-hydrogen) atoms. The Morgan fingerprint density at radius 3 is 2.32 bits per heavy atom. The molecule has 0 aliphatic carbocycles. The average molecular weight is 260 g/mol. The van der Waals surface area contributed by atoms with Crippen molar-refractivity contribution in [3.63, 3.8) is 0 Å². The van der Waals surface area contributed by atoms with E-state index in [-0.39, 0.29) is 18.8 Å². The molecular formula is C15H13FO3. The Kier molecular flexibility index (Phi) is 4.13. The van der Waals surface area contributed by atoms with Gasteiger partial charge in [-0.3, -0.25) is 4.79 Å². The molecule has 2 aromatic rings. The summed E-state index contributed by atoms with van der Waals surface area (Å²) in [4.78, 5) is 10.8. The molecule has 0 unspecified atom stereocenters. The van der Waals surface area contributed by atoms with Crippen molar-refractivity contribution in [1.82, 2.24) is 0 Å². The van der Waals surface area contributed by atoms with Gasteiger partial charge in [0.1, 0.15) is 18.2 Å². The van der Waals surface area contributed by atoms with E-state index in [0.717, 1.165) is 11.1 Å². The van der Waals surface area contributed by atoms with E-state index in [2.05, 4.69) is 0 Å². The van der Waals surface area contributed by atoms with E-state index in [0.29, 0.717) is 5.75 Å². The van der Waals surface area contributed by atoms with E-state index in [1.807, 2.05) is 12.1 Å². The summed E-state index contributed by atoms with van der Waals surface area (Å²) in [5, 5.41) is 8.82. The molecule has 0 spiro atoms. The zero-order valence-electron chi connectivity index (χ0n) is 10.2. The van der Waals surface area contributed by atoms with Crippen LogP contribution in [-0.2, 0) is 17.8 Å². The summed E-state index contributed by atoms with van der Waals surface area (Å²) in [6, 6.07) is 12.9. The van der Waals surface area contributed by atoms with Gasteiger partial charge in [0, 0.05) is 0 Å². The third-order valence-corrected chi connectivity index (χ3v) is 2.67. The molecule has 0 fully saturated rings. The van der Waals surface area contributed by atoms with Crippen LogP contribution in [0, 0.1) is 5.82 Å². The predicted molar refractivity (Wildman–Crippen MR) is 68.5 cm³/mol. The van der Waals surface area contributed by atoms with E-state index in [1.165, 1.54) is 24.3 Å². The van der Waals surface area contributed by atoms with Crippen LogP contribution in [0.2, 0.25) is 0 Å². The monoisotopic (exact) mass is 260 g/mol. The number of benzene rings is 2. The van der Waals surface area contributed by atoms with Gasteiger partial charge < -0.3 is 9.84 Å². The predicted octanol–water partition coefficient (Wildman–Crippen LogP) is 3.03. The van der Waals surface area contributed by atoms with Gasteiger partial charge >= 0.3 is 5.97 Å². The number of hydrogen-bond acceptors (Lipinski definition) is 2. The molecule has 0 saturated heterocycles. The molecule has 3 nitrogen and oxygen atoms in total. The summed E-state index contributed by atoms with van der Waals surface area (Å²) in [6.45, 7) is 0.259. The minimum absolute atomic E-state index is 0.0387. The standard InChI is InChI=1S/C15H13FO3/c16-13-5-7-14(8-6-13)19-10-12-4-2-1-3-11(12)9-15(17)18/h1-8H,9-10H2,(H,17,18). The van der Waals surface area contributed by atoms with Crippen molar-refractivity contribution in [2.24, 2.45) is 0 Å². The van der Waals surface area contributed by atoms with Gasteiger partial charge in [-0.1, -0.05) is 24.3 Å². The van der Waals surface area contributed by atoms with Crippen LogP contribution in [0.1, 0.15) is 11.1 Å². The molecule has 0 heterocycles. The normalized spacial score (nSPS) is 10.2. The van der Waals surface area contributed by atoms with Crippen LogP contribution in [0.15, 0.2) is 48.5 Å². The maximum Gasteiger partial charge on any atom is 0.307 e. The Bertz CT molecular complexity index is 564. The fourth-order valence-electron chi connectivity index (χ4n) is 1.73. The van der Waals surface area contributed by atoms with Gasteiger partial charge in [-0.2, -0.15) is 0 Å². The largest absolute Gasteiger partial charge is 0.489 e. The average Bonchev–Trinajstić information content (AvgIpc) is 2.39. The Morgan fingerprint density at radius 2 is 1.68 bits per heavy atom. The van der Waals surface area contributed by atoms with Crippen molar-refractivity contribution >= 4 is 5.97 Å². The number of aliphatic carboxylic acids is 1. The highest BCUT2D eigenvalue weighted by atomic mass is 19.1. The van der Waals surface area contributed by atoms with Crippen molar-refractivity contribution in [1.29, 1.82) is 0 Å². The second-order valence-electron chi connectivity index (χ2n) is 4.08. The molecule has 2 rings (SSSR count). The Hall–Kier alpha value is -2.36. The summed E-state index contributed by atoms with van der Waals surface area (Å²) in [5.74, 6) is -0.653. The second-order valence-corrected chi connectivity index (χ2v) is 4.08. The van der Waals surface area contributed by atoms with Gasteiger partial charge in [0.05, 0.1) is 6.42 Å². The molecular weight excluding hydrogens is 247 g/mol. The summed E-state index contributed by atoms with van der Waals surface area (Å²) < 4.78 is 18.2. The zero-order valence-corrected chi connectivity index (χ0v) is 10.2. The summed E-state index contributed by atoms with van der Waals surface area (Å²) in [7, 11) is 0. The molecule has 0 atom stereocenters. The van der Waals surface area contributed by atoms with Crippen LogP contribution in [0.4, 0.5) is 4.39 Å². The Labute approximate surface area is 110 Å². The van der Waals surface area contributed by atoms with E-state index in [4.69, 9.17) is 9.84 Å². The molecule has 98 valence electrons. The van der Waals surface area contributed by atoms with Gasteiger partial charge in [-0.15, -0.1) is 0 Å². The maximum absolute atomic E-state index is 12.7. The van der Waals surface area contributed by atoms with Crippen molar-refractivity contribution < 1.29 is 19.0 Å². The van der Waals surface area contributed by atoms with E-state index >= 15 is 0 Å². The SMILES string of the molecule is O=C(O)Cc1ccccc1COc1ccc(F)cc1. The first-order chi connectivity index (χ1) is 9.15. The topological polar surface area (TPSA) is 46.5 Å². The third kappa shape index (κ3) is 3.81. The molecule has 1 N–H and O–H groups in total. The lowest BCUT2D eigenvalue weighted by molar-refractivity contribution is -0.136.